The van der Waals surface area contributed by atoms with E-state index in [1.807, 2.05) is 0 Å². The Labute approximate surface area is 152 Å². The van der Waals surface area contributed by atoms with E-state index in [9.17, 15) is 18.0 Å². The molecule has 0 aliphatic carbocycles. The summed E-state index contributed by atoms with van der Waals surface area (Å²) in [7, 11) is -3.67. The second-order valence-corrected chi connectivity index (χ2v) is 8.46. The van der Waals surface area contributed by atoms with Gasteiger partial charge in [-0.3, -0.25) is 9.59 Å². The minimum absolute atomic E-state index is 0.0692. The lowest BCUT2D eigenvalue weighted by molar-refractivity contribution is 0.0996. The quantitative estimate of drug-likeness (QED) is 0.741. The number of sulfonamides is 1. The second-order valence-electron chi connectivity index (χ2n) is 6.78. The molecule has 2 aromatic carbocycles. The third kappa shape index (κ3) is 5.14. The predicted octanol–water partition coefficient (Wildman–Crippen LogP) is 2.11. The zero-order chi connectivity index (χ0) is 19.5. The van der Waals surface area contributed by atoms with Crippen molar-refractivity contribution in [3.05, 3.63) is 59.7 Å². The van der Waals surface area contributed by atoms with E-state index in [1.165, 1.54) is 30.3 Å². The molecule has 26 heavy (non-hydrogen) atoms. The molecule has 4 N–H and O–H groups in total. The van der Waals surface area contributed by atoms with Crippen LogP contribution in [0.5, 0.6) is 0 Å². The van der Waals surface area contributed by atoms with Gasteiger partial charge >= 0.3 is 0 Å². The van der Waals surface area contributed by atoms with E-state index in [0.29, 0.717) is 5.69 Å². The molecule has 8 heteroatoms. The van der Waals surface area contributed by atoms with Crippen LogP contribution in [0.2, 0.25) is 0 Å². The minimum Gasteiger partial charge on any atom is -0.366 e. The fourth-order valence-corrected chi connectivity index (χ4v) is 3.62. The van der Waals surface area contributed by atoms with Gasteiger partial charge in [-0.25, -0.2) is 13.1 Å². The summed E-state index contributed by atoms with van der Waals surface area (Å²) in [5, 5.41) is 2.64. The van der Waals surface area contributed by atoms with Crippen molar-refractivity contribution in [3.63, 3.8) is 0 Å². The van der Waals surface area contributed by atoms with Crippen LogP contribution in [0.1, 0.15) is 41.5 Å². The van der Waals surface area contributed by atoms with E-state index in [2.05, 4.69) is 10.0 Å². The van der Waals surface area contributed by atoms with Crippen molar-refractivity contribution in [3.8, 4) is 0 Å². The Hall–Kier alpha value is -2.71. The van der Waals surface area contributed by atoms with Crippen LogP contribution in [0.15, 0.2) is 53.4 Å². The zero-order valence-electron chi connectivity index (χ0n) is 14.7. The summed E-state index contributed by atoms with van der Waals surface area (Å²) in [4.78, 5) is 23.5. The highest BCUT2D eigenvalue weighted by atomic mass is 32.2. The fraction of sp³-hybridized carbons (Fsp3) is 0.222. The van der Waals surface area contributed by atoms with Gasteiger partial charge in [0, 0.05) is 22.4 Å². The molecule has 2 rings (SSSR count). The summed E-state index contributed by atoms with van der Waals surface area (Å²) in [5.41, 5.74) is 5.57. The molecule has 0 aliphatic rings. The van der Waals surface area contributed by atoms with Crippen LogP contribution in [0.25, 0.3) is 0 Å². The predicted molar refractivity (Wildman–Crippen MR) is 99.4 cm³/mol. The van der Waals surface area contributed by atoms with E-state index < -0.39 is 27.4 Å². The zero-order valence-corrected chi connectivity index (χ0v) is 15.6. The maximum absolute atomic E-state index is 12.3. The lowest BCUT2D eigenvalue weighted by Crippen LogP contribution is -2.40. The van der Waals surface area contributed by atoms with Gasteiger partial charge in [0.15, 0.2) is 0 Å². The van der Waals surface area contributed by atoms with Crippen molar-refractivity contribution in [2.75, 3.05) is 5.32 Å². The molecule has 0 fully saturated rings. The van der Waals surface area contributed by atoms with Crippen LogP contribution < -0.4 is 15.8 Å². The number of anilines is 1. The van der Waals surface area contributed by atoms with Crippen LogP contribution in [0, 0.1) is 0 Å². The summed E-state index contributed by atoms with van der Waals surface area (Å²) in [6, 6.07) is 11.8. The molecule has 2 aromatic rings. The number of primary amides is 1. The van der Waals surface area contributed by atoms with Crippen molar-refractivity contribution in [1.82, 2.24) is 4.72 Å². The van der Waals surface area contributed by atoms with Gasteiger partial charge in [0.2, 0.25) is 15.9 Å². The van der Waals surface area contributed by atoms with E-state index in [-0.39, 0.29) is 16.0 Å². The van der Waals surface area contributed by atoms with Crippen molar-refractivity contribution < 1.29 is 18.0 Å². The molecule has 0 saturated heterocycles. The van der Waals surface area contributed by atoms with Crippen LogP contribution in [0.3, 0.4) is 0 Å². The Morgan fingerprint density at radius 2 is 1.58 bits per heavy atom. The smallest absolute Gasteiger partial charge is 0.255 e. The second kappa shape index (κ2) is 7.27. The summed E-state index contributed by atoms with van der Waals surface area (Å²) in [6.45, 7) is 5.23. The third-order valence-corrected chi connectivity index (χ3v) is 5.05. The minimum atomic E-state index is -3.67. The highest BCUT2D eigenvalue weighted by Gasteiger charge is 2.22. The van der Waals surface area contributed by atoms with Gasteiger partial charge in [-0.15, -0.1) is 0 Å². The molecule has 0 aromatic heterocycles. The Kier molecular flexibility index (Phi) is 5.48. The van der Waals surface area contributed by atoms with Gasteiger partial charge in [0.25, 0.3) is 5.91 Å². The largest absolute Gasteiger partial charge is 0.366 e. The topological polar surface area (TPSA) is 118 Å². The van der Waals surface area contributed by atoms with E-state index >= 15 is 0 Å². The van der Waals surface area contributed by atoms with Crippen molar-refractivity contribution >= 4 is 27.5 Å². The van der Waals surface area contributed by atoms with Crippen LogP contribution in [-0.2, 0) is 10.0 Å². The molecule has 0 radical (unpaired) electrons. The molecule has 0 atom stereocenters. The fourth-order valence-electron chi connectivity index (χ4n) is 2.20. The maximum atomic E-state index is 12.3. The monoisotopic (exact) mass is 375 g/mol. The highest BCUT2D eigenvalue weighted by Crippen LogP contribution is 2.16. The number of nitrogens with one attached hydrogen (secondary N) is 2. The molecule has 138 valence electrons. The first-order valence-electron chi connectivity index (χ1n) is 7.83. The Morgan fingerprint density at radius 3 is 2.12 bits per heavy atom. The molecule has 0 saturated carbocycles. The molecule has 0 bridgehead atoms. The standard InChI is InChI=1S/C18H21N3O4S/c1-18(2,3)21-26(24,25)15-9-7-12(8-10-15)17(23)20-14-6-4-5-13(11-14)16(19)22/h4-11,21H,1-3H3,(H2,19,22)(H,20,23). The first kappa shape index (κ1) is 19.6. The van der Waals surface area contributed by atoms with Crippen LogP contribution in [0.4, 0.5) is 5.69 Å². The van der Waals surface area contributed by atoms with Gasteiger partial charge in [-0.05, 0) is 63.2 Å². The summed E-state index contributed by atoms with van der Waals surface area (Å²) >= 11 is 0. The lowest BCUT2D eigenvalue weighted by Gasteiger charge is -2.20. The average Bonchev–Trinajstić information content (AvgIpc) is 2.53. The SMILES string of the molecule is CC(C)(C)NS(=O)(=O)c1ccc(C(=O)Nc2cccc(C(N)=O)c2)cc1. The normalized spacial score (nSPS) is 11.8. The van der Waals surface area contributed by atoms with Gasteiger partial charge in [0.05, 0.1) is 4.90 Å². The number of rotatable bonds is 5. The molecular weight excluding hydrogens is 354 g/mol. The van der Waals surface area contributed by atoms with Crippen molar-refractivity contribution in [1.29, 1.82) is 0 Å². The van der Waals surface area contributed by atoms with E-state index in [1.54, 1.807) is 39.0 Å². The summed E-state index contributed by atoms with van der Waals surface area (Å²) < 4.78 is 27.1. The Bertz CT molecular complexity index is 930. The van der Waals surface area contributed by atoms with E-state index in [0.717, 1.165) is 0 Å². The van der Waals surface area contributed by atoms with Crippen molar-refractivity contribution in [2.24, 2.45) is 5.73 Å². The van der Waals surface area contributed by atoms with Gasteiger partial charge in [0.1, 0.15) is 0 Å². The van der Waals surface area contributed by atoms with Crippen LogP contribution in [-0.4, -0.2) is 25.8 Å². The number of hydrogen-bond donors (Lipinski definition) is 3. The maximum Gasteiger partial charge on any atom is 0.255 e. The number of amides is 2. The first-order chi connectivity index (χ1) is 12.0. The van der Waals surface area contributed by atoms with Gasteiger partial charge in [-0.1, -0.05) is 6.07 Å². The Morgan fingerprint density at radius 1 is 0.962 bits per heavy atom. The molecule has 0 unspecified atom stereocenters. The molecule has 0 aliphatic heterocycles. The summed E-state index contributed by atoms with van der Waals surface area (Å²) in [5.74, 6) is -1.03. The molecule has 0 heterocycles. The lowest BCUT2D eigenvalue weighted by atomic mass is 10.1. The third-order valence-electron chi connectivity index (χ3n) is 3.27. The van der Waals surface area contributed by atoms with Gasteiger partial charge in [-0.2, -0.15) is 0 Å². The molecule has 2 amide bonds. The molecule has 7 nitrogen and oxygen atoms in total. The summed E-state index contributed by atoms with van der Waals surface area (Å²) in [6.07, 6.45) is 0. The number of nitrogens with two attached hydrogens (primary N) is 1. The number of carbonyl (C=O) groups excluding carboxylic acids is 2. The number of hydrogen-bond acceptors (Lipinski definition) is 4. The van der Waals surface area contributed by atoms with Crippen LogP contribution >= 0.6 is 0 Å². The molecular formula is C18H21N3O4S. The number of carbonyl (C=O) groups is 2. The number of benzene rings is 2. The van der Waals surface area contributed by atoms with Gasteiger partial charge < -0.3 is 11.1 Å². The first-order valence-corrected chi connectivity index (χ1v) is 9.31. The van der Waals surface area contributed by atoms with Crippen molar-refractivity contribution in [2.45, 2.75) is 31.2 Å². The van der Waals surface area contributed by atoms with E-state index in [4.69, 9.17) is 5.73 Å². The Balaban J connectivity index is 2.17. The average molecular weight is 375 g/mol. The molecule has 0 spiro atoms. The highest BCUT2D eigenvalue weighted by molar-refractivity contribution is 7.89.